The summed E-state index contributed by atoms with van der Waals surface area (Å²) >= 11 is 0. The minimum absolute atomic E-state index is 0.0572. The van der Waals surface area contributed by atoms with E-state index in [9.17, 15) is 13.2 Å². The summed E-state index contributed by atoms with van der Waals surface area (Å²) in [4.78, 5) is 15.8. The number of hydrogen-bond acceptors (Lipinski definition) is 6. The molecule has 8 nitrogen and oxygen atoms in total. The first-order valence-electron chi connectivity index (χ1n) is 9.58. The highest BCUT2D eigenvalue weighted by Gasteiger charge is 2.15. The van der Waals surface area contributed by atoms with E-state index in [0.717, 1.165) is 5.75 Å². The summed E-state index contributed by atoms with van der Waals surface area (Å²) in [5.41, 5.74) is 1.06. The summed E-state index contributed by atoms with van der Waals surface area (Å²) in [6, 6.07) is 16.2. The molecule has 1 heterocycles. The summed E-state index contributed by atoms with van der Waals surface area (Å²) in [5.74, 6) is 1.39. The van der Waals surface area contributed by atoms with Crippen molar-refractivity contribution in [2.24, 2.45) is 0 Å². The lowest BCUT2D eigenvalue weighted by molar-refractivity contribution is 0.0963. The first-order valence-corrected chi connectivity index (χ1v) is 11.1. The summed E-state index contributed by atoms with van der Waals surface area (Å²) in [6.07, 6.45) is 1.55. The van der Waals surface area contributed by atoms with E-state index in [1.165, 1.54) is 31.3 Å². The lowest BCUT2D eigenvalue weighted by Crippen LogP contribution is -2.23. The Kier molecular flexibility index (Phi) is 7.22. The average Bonchev–Trinajstić information content (AvgIpc) is 2.79. The van der Waals surface area contributed by atoms with Crippen LogP contribution in [0.4, 0.5) is 0 Å². The largest absolute Gasteiger partial charge is 0.494 e. The van der Waals surface area contributed by atoms with Crippen molar-refractivity contribution in [2.75, 3.05) is 13.7 Å². The molecule has 0 aliphatic rings. The van der Waals surface area contributed by atoms with Crippen LogP contribution >= 0.6 is 0 Å². The van der Waals surface area contributed by atoms with Crippen molar-refractivity contribution >= 4 is 15.9 Å². The highest BCUT2D eigenvalue weighted by atomic mass is 32.2. The number of nitrogens with one attached hydrogen (secondary N) is 2. The highest BCUT2D eigenvalue weighted by Crippen LogP contribution is 2.23. The number of amides is 1. The van der Waals surface area contributed by atoms with Crippen LogP contribution in [0.2, 0.25) is 0 Å². The van der Waals surface area contributed by atoms with E-state index in [1.807, 2.05) is 6.92 Å². The van der Waals surface area contributed by atoms with E-state index in [-0.39, 0.29) is 17.3 Å². The molecule has 3 rings (SSSR count). The van der Waals surface area contributed by atoms with Gasteiger partial charge < -0.3 is 14.8 Å². The van der Waals surface area contributed by atoms with Crippen molar-refractivity contribution in [2.45, 2.75) is 18.4 Å². The normalized spacial score (nSPS) is 11.0. The molecule has 1 amide bonds. The molecular formula is C22H23N3O5S. The van der Waals surface area contributed by atoms with Gasteiger partial charge in [0.15, 0.2) is 0 Å². The second kappa shape index (κ2) is 10.1. The van der Waals surface area contributed by atoms with Crippen LogP contribution < -0.4 is 19.5 Å². The van der Waals surface area contributed by atoms with Crippen molar-refractivity contribution in [1.29, 1.82) is 0 Å². The molecule has 0 saturated carbocycles. The molecule has 0 bridgehead atoms. The van der Waals surface area contributed by atoms with E-state index in [2.05, 4.69) is 15.0 Å². The van der Waals surface area contributed by atoms with Crippen LogP contribution in [-0.2, 0) is 16.6 Å². The average molecular weight is 442 g/mol. The van der Waals surface area contributed by atoms with Gasteiger partial charge in [-0.25, -0.2) is 18.1 Å². The Labute approximate surface area is 181 Å². The fraction of sp³-hybridized carbons (Fsp3) is 0.182. The third-order valence-corrected chi connectivity index (χ3v) is 5.69. The molecule has 0 radical (unpaired) electrons. The monoisotopic (exact) mass is 441 g/mol. The Balaban J connectivity index is 1.64. The third-order valence-electron chi connectivity index (χ3n) is 4.28. The van der Waals surface area contributed by atoms with Crippen LogP contribution in [0.3, 0.4) is 0 Å². The van der Waals surface area contributed by atoms with Crippen molar-refractivity contribution in [3.63, 3.8) is 0 Å². The quantitative estimate of drug-likeness (QED) is 0.528. The standard InChI is InChI=1S/C22H23N3O5S/c1-3-29-18-6-8-19(9-7-18)30-21-14-16(12-13-24-21)15-25-31(27,28)20-10-4-17(5-11-20)22(26)23-2/h4-14,25H,3,15H2,1-2H3,(H,23,26). The van der Waals surface area contributed by atoms with Crippen molar-refractivity contribution in [1.82, 2.24) is 15.0 Å². The van der Waals surface area contributed by atoms with E-state index in [1.54, 1.807) is 42.6 Å². The van der Waals surface area contributed by atoms with Gasteiger partial charge in [0.1, 0.15) is 11.5 Å². The lowest BCUT2D eigenvalue weighted by Gasteiger charge is -2.10. The van der Waals surface area contributed by atoms with E-state index in [0.29, 0.717) is 29.4 Å². The van der Waals surface area contributed by atoms with Crippen molar-refractivity contribution < 1.29 is 22.7 Å². The van der Waals surface area contributed by atoms with Gasteiger partial charge in [-0.15, -0.1) is 0 Å². The molecule has 1 aromatic heterocycles. The molecule has 2 aromatic carbocycles. The van der Waals surface area contributed by atoms with E-state index < -0.39 is 10.0 Å². The third kappa shape index (κ3) is 6.03. The first-order chi connectivity index (χ1) is 14.9. The Morgan fingerprint density at radius 3 is 2.32 bits per heavy atom. The molecule has 0 aliphatic carbocycles. The summed E-state index contributed by atoms with van der Waals surface area (Å²) < 4.78 is 38.8. The number of carbonyl (C=O) groups excluding carboxylic acids is 1. The van der Waals surface area contributed by atoms with Crippen LogP contribution in [0.15, 0.2) is 71.8 Å². The zero-order valence-corrected chi connectivity index (χ0v) is 18.0. The molecule has 3 aromatic rings. The number of sulfonamides is 1. The number of rotatable bonds is 9. The maximum absolute atomic E-state index is 12.5. The second-order valence-electron chi connectivity index (χ2n) is 6.44. The molecule has 0 aliphatic heterocycles. The van der Waals surface area contributed by atoms with Crippen LogP contribution in [0.25, 0.3) is 0 Å². The molecule has 0 unspecified atom stereocenters. The van der Waals surface area contributed by atoms with Gasteiger partial charge in [-0.2, -0.15) is 0 Å². The maximum Gasteiger partial charge on any atom is 0.251 e. The van der Waals surface area contributed by atoms with Gasteiger partial charge in [-0.1, -0.05) is 0 Å². The van der Waals surface area contributed by atoms with Crippen LogP contribution in [0.1, 0.15) is 22.8 Å². The Hall–Kier alpha value is -3.43. The zero-order chi connectivity index (χ0) is 22.3. The minimum Gasteiger partial charge on any atom is -0.494 e. The lowest BCUT2D eigenvalue weighted by atomic mass is 10.2. The molecule has 0 saturated heterocycles. The number of nitrogens with zero attached hydrogens (tertiary/aromatic N) is 1. The summed E-state index contributed by atoms with van der Waals surface area (Å²) in [5, 5.41) is 2.49. The Bertz CT molecular complexity index is 1130. The summed E-state index contributed by atoms with van der Waals surface area (Å²) in [6.45, 7) is 2.55. The van der Waals surface area contributed by atoms with Gasteiger partial charge in [-0.05, 0) is 67.1 Å². The zero-order valence-electron chi connectivity index (χ0n) is 17.2. The molecular weight excluding hydrogens is 418 g/mol. The minimum atomic E-state index is -3.75. The number of carbonyl (C=O) groups is 1. The fourth-order valence-corrected chi connectivity index (χ4v) is 3.72. The van der Waals surface area contributed by atoms with Crippen molar-refractivity contribution in [3.05, 3.63) is 78.0 Å². The molecule has 31 heavy (non-hydrogen) atoms. The molecule has 2 N–H and O–H groups in total. The van der Waals surface area contributed by atoms with E-state index in [4.69, 9.17) is 9.47 Å². The smallest absolute Gasteiger partial charge is 0.251 e. The SMILES string of the molecule is CCOc1ccc(Oc2cc(CNS(=O)(=O)c3ccc(C(=O)NC)cc3)ccn2)cc1. The number of benzene rings is 2. The van der Waals surface area contributed by atoms with Crippen LogP contribution in [0.5, 0.6) is 17.4 Å². The number of aromatic nitrogens is 1. The predicted octanol–water partition coefficient (Wildman–Crippen LogP) is 3.11. The maximum atomic E-state index is 12.5. The van der Waals surface area contributed by atoms with Crippen molar-refractivity contribution in [3.8, 4) is 17.4 Å². The fourth-order valence-electron chi connectivity index (χ4n) is 2.70. The molecule has 9 heteroatoms. The number of pyridine rings is 1. The van der Waals surface area contributed by atoms with Gasteiger partial charge in [0.2, 0.25) is 15.9 Å². The van der Waals surface area contributed by atoms with Gasteiger partial charge in [0.25, 0.3) is 5.91 Å². The van der Waals surface area contributed by atoms with Gasteiger partial charge in [-0.3, -0.25) is 4.79 Å². The Morgan fingerprint density at radius 1 is 1.00 bits per heavy atom. The number of ether oxygens (including phenoxy) is 2. The van der Waals surface area contributed by atoms with E-state index >= 15 is 0 Å². The van der Waals surface area contributed by atoms with Crippen LogP contribution in [-0.4, -0.2) is 33.0 Å². The molecule has 0 atom stereocenters. The number of hydrogen-bond donors (Lipinski definition) is 2. The predicted molar refractivity (Wildman–Crippen MR) is 116 cm³/mol. The van der Waals surface area contributed by atoms with Gasteiger partial charge in [0.05, 0.1) is 11.5 Å². The molecule has 0 spiro atoms. The molecule has 162 valence electrons. The molecule has 0 fully saturated rings. The van der Waals surface area contributed by atoms with Gasteiger partial charge >= 0.3 is 0 Å². The van der Waals surface area contributed by atoms with Gasteiger partial charge in [0, 0.05) is 31.4 Å². The second-order valence-corrected chi connectivity index (χ2v) is 8.20. The van der Waals surface area contributed by atoms with Crippen LogP contribution in [0, 0.1) is 0 Å². The topological polar surface area (TPSA) is 107 Å². The summed E-state index contributed by atoms with van der Waals surface area (Å²) in [7, 11) is -2.24. The highest BCUT2D eigenvalue weighted by molar-refractivity contribution is 7.89. The Morgan fingerprint density at radius 2 is 1.68 bits per heavy atom. The first kappa shape index (κ1) is 22.3.